The number of likely N-dealkylation sites (N-methyl/N-ethyl adjacent to an activating group) is 1. The van der Waals surface area contributed by atoms with Crippen molar-refractivity contribution in [3.05, 3.63) is 17.0 Å². The fourth-order valence-corrected chi connectivity index (χ4v) is 1.98. The Balaban J connectivity index is 2.71. The van der Waals surface area contributed by atoms with Gasteiger partial charge in [0.2, 0.25) is 0 Å². The molecule has 108 valence electrons. The molecule has 2 atom stereocenters. The summed E-state index contributed by atoms with van der Waals surface area (Å²) >= 11 is 0. The molecule has 0 aliphatic heterocycles. The van der Waals surface area contributed by atoms with Crippen LogP contribution in [0, 0.1) is 6.92 Å². The molecule has 1 rings (SSSR count). The average Bonchev–Trinajstić information content (AvgIpc) is 2.77. The third-order valence-corrected chi connectivity index (χ3v) is 3.83. The van der Waals surface area contributed by atoms with Crippen molar-refractivity contribution in [1.29, 1.82) is 0 Å². The molecule has 2 unspecified atom stereocenters. The molecule has 1 heterocycles. The topological polar surface area (TPSA) is 58.4 Å². The maximum atomic E-state index is 12.2. The smallest absolute Gasteiger partial charge is 0.274 e. The number of rotatable bonds is 6. The maximum absolute atomic E-state index is 12.2. The molecule has 0 aliphatic carbocycles. The first kappa shape index (κ1) is 15.7. The Morgan fingerprint density at radius 3 is 2.53 bits per heavy atom. The molecule has 0 saturated heterocycles. The highest BCUT2D eigenvalue weighted by atomic mass is 16.5. The molecule has 0 aliphatic rings. The minimum absolute atomic E-state index is 0.0543. The van der Waals surface area contributed by atoms with Gasteiger partial charge in [-0.15, -0.1) is 0 Å². The molecule has 5 heteroatoms. The van der Waals surface area contributed by atoms with E-state index in [-0.39, 0.29) is 18.0 Å². The monoisotopic (exact) mass is 267 g/mol. The van der Waals surface area contributed by atoms with Crippen LogP contribution < -0.4 is 5.32 Å². The van der Waals surface area contributed by atoms with Crippen LogP contribution in [0.4, 0.5) is 0 Å². The molecule has 1 aromatic rings. The largest absolute Gasteiger partial charge is 0.360 e. The average molecular weight is 267 g/mol. The van der Waals surface area contributed by atoms with Gasteiger partial charge < -0.3 is 14.7 Å². The van der Waals surface area contributed by atoms with Gasteiger partial charge in [0, 0.05) is 24.1 Å². The van der Waals surface area contributed by atoms with Gasteiger partial charge in [-0.25, -0.2) is 0 Å². The Hall–Kier alpha value is -1.36. The van der Waals surface area contributed by atoms with Gasteiger partial charge in [-0.05, 0) is 34.4 Å². The van der Waals surface area contributed by atoms with Crippen LogP contribution in [0.25, 0.3) is 0 Å². The SMILES string of the molecule is CCc1onc(C(=O)NC(C)C(C)N(C)CC)c1C. The summed E-state index contributed by atoms with van der Waals surface area (Å²) in [6.07, 6.45) is 0.747. The number of aryl methyl sites for hydroxylation is 1. The van der Waals surface area contributed by atoms with Gasteiger partial charge in [-0.3, -0.25) is 4.79 Å². The zero-order valence-electron chi connectivity index (χ0n) is 12.8. The normalized spacial score (nSPS) is 14.5. The second-order valence-corrected chi connectivity index (χ2v) is 5.01. The highest BCUT2D eigenvalue weighted by molar-refractivity contribution is 5.93. The van der Waals surface area contributed by atoms with Gasteiger partial charge >= 0.3 is 0 Å². The molecule has 1 amide bonds. The van der Waals surface area contributed by atoms with Crippen LogP contribution in [0.3, 0.4) is 0 Å². The van der Waals surface area contributed by atoms with E-state index < -0.39 is 0 Å². The summed E-state index contributed by atoms with van der Waals surface area (Å²) in [6, 6.07) is 0.324. The van der Waals surface area contributed by atoms with Crippen molar-refractivity contribution in [1.82, 2.24) is 15.4 Å². The lowest BCUT2D eigenvalue weighted by Crippen LogP contribution is -2.47. The lowest BCUT2D eigenvalue weighted by Gasteiger charge is -2.29. The van der Waals surface area contributed by atoms with Crippen molar-refractivity contribution >= 4 is 5.91 Å². The fourth-order valence-electron chi connectivity index (χ4n) is 1.98. The number of amides is 1. The van der Waals surface area contributed by atoms with E-state index in [0.29, 0.717) is 5.69 Å². The van der Waals surface area contributed by atoms with Crippen molar-refractivity contribution in [2.45, 2.75) is 53.1 Å². The number of aromatic nitrogens is 1. The van der Waals surface area contributed by atoms with Crippen molar-refractivity contribution in [2.75, 3.05) is 13.6 Å². The van der Waals surface area contributed by atoms with E-state index in [2.05, 4.69) is 29.2 Å². The minimum Gasteiger partial charge on any atom is -0.360 e. The summed E-state index contributed by atoms with van der Waals surface area (Å²) in [4.78, 5) is 14.4. The highest BCUT2D eigenvalue weighted by Crippen LogP contribution is 2.13. The van der Waals surface area contributed by atoms with Gasteiger partial charge in [-0.2, -0.15) is 0 Å². The lowest BCUT2D eigenvalue weighted by atomic mass is 10.1. The molecule has 0 fully saturated rings. The Morgan fingerprint density at radius 1 is 1.42 bits per heavy atom. The van der Waals surface area contributed by atoms with Crippen LogP contribution in [0.5, 0.6) is 0 Å². The predicted octanol–water partition coefficient (Wildman–Crippen LogP) is 2.00. The van der Waals surface area contributed by atoms with Crippen LogP contribution in [-0.2, 0) is 6.42 Å². The second-order valence-electron chi connectivity index (χ2n) is 5.01. The van der Waals surface area contributed by atoms with Crippen LogP contribution in [-0.4, -0.2) is 41.6 Å². The van der Waals surface area contributed by atoms with Gasteiger partial charge in [0.1, 0.15) is 5.76 Å². The van der Waals surface area contributed by atoms with E-state index in [1.54, 1.807) is 0 Å². The van der Waals surface area contributed by atoms with Crippen molar-refractivity contribution < 1.29 is 9.32 Å². The first-order chi connectivity index (χ1) is 8.92. The number of nitrogens with one attached hydrogen (secondary N) is 1. The number of carbonyl (C=O) groups excluding carboxylic acids is 1. The third-order valence-electron chi connectivity index (χ3n) is 3.83. The first-order valence-electron chi connectivity index (χ1n) is 6.88. The Kier molecular flexibility index (Phi) is 5.54. The molecule has 0 saturated carbocycles. The van der Waals surface area contributed by atoms with E-state index in [1.807, 2.05) is 27.8 Å². The Morgan fingerprint density at radius 2 is 2.05 bits per heavy atom. The van der Waals surface area contributed by atoms with E-state index in [1.165, 1.54) is 0 Å². The summed E-state index contributed by atoms with van der Waals surface area (Å²) in [7, 11) is 2.05. The van der Waals surface area contributed by atoms with E-state index in [9.17, 15) is 4.79 Å². The van der Waals surface area contributed by atoms with E-state index in [0.717, 1.165) is 24.3 Å². The first-order valence-corrected chi connectivity index (χ1v) is 6.88. The zero-order valence-corrected chi connectivity index (χ0v) is 12.8. The van der Waals surface area contributed by atoms with Gasteiger partial charge in [0.25, 0.3) is 5.91 Å². The number of hydrogen-bond acceptors (Lipinski definition) is 4. The maximum Gasteiger partial charge on any atom is 0.274 e. The summed E-state index contributed by atoms with van der Waals surface area (Å²) < 4.78 is 5.16. The zero-order chi connectivity index (χ0) is 14.6. The molecule has 0 aromatic carbocycles. The second kappa shape index (κ2) is 6.70. The van der Waals surface area contributed by atoms with Crippen molar-refractivity contribution in [3.8, 4) is 0 Å². The van der Waals surface area contributed by atoms with Crippen molar-refractivity contribution in [3.63, 3.8) is 0 Å². The molecule has 1 aromatic heterocycles. The van der Waals surface area contributed by atoms with Crippen LogP contribution in [0.1, 0.15) is 49.5 Å². The quantitative estimate of drug-likeness (QED) is 0.856. The fraction of sp³-hybridized carbons (Fsp3) is 0.714. The van der Waals surface area contributed by atoms with Crippen molar-refractivity contribution in [2.24, 2.45) is 0 Å². The number of hydrogen-bond donors (Lipinski definition) is 1. The summed E-state index contributed by atoms with van der Waals surface area (Å²) in [5.41, 5.74) is 1.23. The molecular weight excluding hydrogens is 242 g/mol. The molecule has 5 nitrogen and oxygen atoms in total. The molecule has 1 N–H and O–H groups in total. The Bertz CT molecular complexity index is 428. The highest BCUT2D eigenvalue weighted by Gasteiger charge is 2.22. The number of nitrogens with zero attached hydrogens (tertiary/aromatic N) is 2. The molecule has 0 spiro atoms. The van der Waals surface area contributed by atoms with Crippen LogP contribution in [0.15, 0.2) is 4.52 Å². The predicted molar refractivity (Wildman–Crippen MR) is 75.3 cm³/mol. The lowest BCUT2D eigenvalue weighted by molar-refractivity contribution is 0.0905. The standard InChI is InChI=1S/C14H25N3O2/c1-7-12-9(3)13(16-19-12)14(18)15-10(4)11(5)17(6)8-2/h10-11H,7-8H2,1-6H3,(H,15,18). The van der Waals surface area contributed by atoms with Crippen LogP contribution >= 0.6 is 0 Å². The Labute approximate surface area is 115 Å². The molecule has 19 heavy (non-hydrogen) atoms. The minimum atomic E-state index is -0.162. The van der Waals surface area contributed by atoms with Gasteiger partial charge in [0.05, 0.1) is 0 Å². The van der Waals surface area contributed by atoms with Gasteiger partial charge in [0.15, 0.2) is 5.69 Å². The summed E-state index contributed by atoms with van der Waals surface area (Å²) in [5, 5.41) is 6.85. The molecular formula is C14H25N3O2. The van der Waals surface area contributed by atoms with E-state index in [4.69, 9.17) is 4.52 Å². The third kappa shape index (κ3) is 3.56. The van der Waals surface area contributed by atoms with Gasteiger partial charge in [-0.1, -0.05) is 19.0 Å². The van der Waals surface area contributed by atoms with Crippen LogP contribution in [0.2, 0.25) is 0 Å². The van der Waals surface area contributed by atoms with E-state index >= 15 is 0 Å². The summed E-state index contributed by atoms with van der Waals surface area (Å²) in [6.45, 7) is 11.0. The summed E-state index contributed by atoms with van der Waals surface area (Å²) in [5.74, 6) is 0.612. The number of carbonyl (C=O) groups is 1. The molecule has 0 radical (unpaired) electrons. The molecule has 0 bridgehead atoms.